The summed E-state index contributed by atoms with van der Waals surface area (Å²) in [4.78, 5) is 7.02. The molecule has 1 heterocycles. The van der Waals surface area contributed by atoms with Gasteiger partial charge in [0, 0.05) is 39.6 Å². The minimum Gasteiger partial charge on any atom is -0.378 e. The molecule has 0 saturated carbocycles. The van der Waals surface area contributed by atoms with Crippen molar-refractivity contribution in [1.29, 1.82) is 0 Å². The van der Waals surface area contributed by atoms with Crippen LogP contribution in [0.5, 0.6) is 0 Å². The Labute approximate surface area is 139 Å². The van der Waals surface area contributed by atoms with Crippen molar-refractivity contribution in [2.45, 2.75) is 0 Å². The summed E-state index contributed by atoms with van der Waals surface area (Å²) in [5, 5.41) is 0. The molecular weight excluding hydrogens is 308 g/mol. The summed E-state index contributed by atoms with van der Waals surface area (Å²) in [7, 11) is 12.0. The molecule has 0 saturated heterocycles. The Kier molecular flexibility index (Phi) is 4.23. The van der Waals surface area contributed by atoms with Gasteiger partial charge in [0.1, 0.15) is 0 Å². The summed E-state index contributed by atoms with van der Waals surface area (Å²) in [6.07, 6.45) is 0. The van der Waals surface area contributed by atoms with E-state index < -0.39 is 0 Å². The Morgan fingerprint density at radius 3 is 1.09 bits per heavy atom. The molecule has 4 heteroatoms. The molecule has 22 heavy (non-hydrogen) atoms. The van der Waals surface area contributed by atoms with Crippen molar-refractivity contribution >= 4 is 32.1 Å². The number of benzene rings is 2. The molecule has 0 N–H and O–H groups in total. The summed E-state index contributed by atoms with van der Waals surface area (Å²) in [6.45, 7) is 0. The minimum absolute atomic E-state index is 1.23. The Balaban J connectivity index is 1.87. The van der Waals surface area contributed by atoms with Gasteiger partial charge in [-0.25, -0.2) is 0 Å². The SMILES string of the molecule is CN(C)c1ccc(-c2ssc2-c2ccc(N(C)C)cc2)cc1. The molecular formula is C18H20N2S2. The molecule has 2 nitrogen and oxygen atoms in total. The molecule has 0 aliphatic heterocycles. The van der Waals surface area contributed by atoms with Gasteiger partial charge in [0.2, 0.25) is 0 Å². The molecule has 0 radical (unpaired) electrons. The summed E-state index contributed by atoms with van der Waals surface area (Å²) >= 11 is 0. The quantitative estimate of drug-likeness (QED) is 0.602. The standard InChI is InChI=1S/C18H20N2S2/c1-19(2)15-9-5-13(6-10-15)17-18(22-21-17)14-7-11-16(12-8-14)20(3)4/h5-12H,1-4H3. The zero-order chi connectivity index (χ0) is 15.7. The molecule has 3 aromatic rings. The van der Waals surface area contributed by atoms with Crippen LogP contribution in [0.4, 0.5) is 11.4 Å². The molecule has 0 spiro atoms. The van der Waals surface area contributed by atoms with Crippen molar-refractivity contribution in [3.05, 3.63) is 48.5 Å². The largest absolute Gasteiger partial charge is 0.378 e. The van der Waals surface area contributed by atoms with Crippen LogP contribution >= 0.6 is 20.7 Å². The number of nitrogens with zero attached hydrogens (tertiary/aromatic N) is 2. The first-order chi connectivity index (χ1) is 10.6. The molecule has 2 aromatic carbocycles. The maximum atomic E-state index is 2.21. The van der Waals surface area contributed by atoms with Gasteiger partial charge in [0.15, 0.2) is 0 Å². The third-order valence-corrected chi connectivity index (χ3v) is 6.38. The molecule has 3 rings (SSSR count). The number of hydrogen-bond acceptors (Lipinski definition) is 4. The van der Waals surface area contributed by atoms with Gasteiger partial charge in [-0.2, -0.15) is 0 Å². The van der Waals surface area contributed by atoms with Crippen LogP contribution in [0, 0.1) is 0 Å². The van der Waals surface area contributed by atoms with E-state index in [1.54, 1.807) is 0 Å². The molecule has 1 aromatic heterocycles. The van der Waals surface area contributed by atoms with E-state index in [4.69, 9.17) is 0 Å². The molecule has 0 atom stereocenters. The van der Waals surface area contributed by atoms with Crippen molar-refractivity contribution in [2.75, 3.05) is 38.0 Å². The van der Waals surface area contributed by atoms with Crippen molar-refractivity contribution in [3.63, 3.8) is 0 Å². The van der Waals surface area contributed by atoms with E-state index in [0.717, 1.165) is 0 Å². The first-order valence-corrected chi connectivity index (χ1v) is 9.35. The van der Waals surface area contributed by atoms with Crippen LogP contribution in [-0.4, -0.2) is 28.2 Å². The predicted molar refractivity (Wildman–Crippen MR) is 102 cm³/mol. The van der Waals surface area contributed by atoms with Gasteiger partial charge in [-0.1, -0.05) is 44.9 Å². The Hall–Kier alpha value is -1.78. The van der Waals surface area contributed by atoms with Crippen molar-refractivity contribution < 1.29 is 0 Å². The maximum Gasteiger partial charge on any atom is 0.0636 e. The van der Waals surface area contributed by atoms with E-state index in [-0.39, 0.29) is 0 Å². The maximum absolute atomic E-state index is 2.21. The van der Waals surface area contributed by atoms with Gasteiger partial charge in [-0.3, -0.25) is 0 Å². The van der Waals surface area contributed by atoms with Gasteiger partial charge in [0.25, 0.3) is 0 Å². The van der Waals surface area contributed by atoms with Crippen LogP contribution in [0.3, 0.4) is 0 Å². The fourth-order valence-electron chi connectivity index (χ4n) is 2.31. The first-order valence-electron chi connectivity index (χ1n) is 7.20. The fourth-order valence-corrected chi connectivity index (χ4v) is 4.58. The highest BCUT2D eigenvalue weighted by Gasteiger charge is 2.13. The van der Waals surface area contributed by atoms with Crippen LogP contribution in [0.25, 0.3) is 20.9 Å². The highest BCUT2D eigenvalue weighted by Crippen LogP contribution is 2.45. The van der Waals surface area contributed by atoms with Crippen LogP contribution < -0.4 is 9.80 Å². The second-order valence-electron chi connectivity index (χ2n) is 5.71. The topological polar surface area (TPSA) is 6.48 Å². The van der Waals surface area contributed by atoms with Gasteiger partial charge in [-0.15, -0.1) is 0 Å². The lowest BCUT2D eigenvalue weighted by atomic mass is 10.1. The molecule has 0 amide bonds. The van der Waals surface area contributed by atoms with Crippen molar-refractivity contribution in [3.8, 4) is 20.9 Å². The van der Waals surface area contributed by atoms with E-state index in [9.17, 15) is 0 Å². The van der Waals surface area contributed by atoms with Gasteiger partial charge < -0.3 is 9.80 Å². The molecule has 114 valence electrons. The monoisotopic (exact) mass is 328 g/mol. The van der Waals surface area contributed by atoms with E-state index in [0.29, 0.717) is 0 Å². The number of rotatable bonds is 4. The second kappa shape index (κ2) is 6.15. The average Bonchev–Trinajstić information content (AvgIpc) is 2.47. The average molecular weight is 329 g/mol. The number of anilines is 2. The van der Waals surface area contributed by atoms with Crippen molar-refractivity contribution in [1.82, 2.24) is 0 Å². The normalized spacial score (nSPS) is 10.7. The van der Waals surface area contributed by atoms with E-state index in [2.05, 4.69) is 86.5 Å². The summed E-state index contributed by atoms with van der Waals surface area (Å²) in [5.74, 6) is 0. The lowest BCUT2D eigenvalue weighted by Crippen LogP contribution is -2.08. The first kappa shape index (κ1) is 15.1. The molecule has 0 unspecified atom stereocenters. The molecule has 0 aliphatic carbocycles. The van der Waals surface area contributed by atoms with Gasteiger partial charge >= 0.3 is 0 Å². The van der Waals surface area contributed by atoms with E-state index in [1.165, 1.54) is 32.3 Å². The van der Waals surface area contributed by atoms with Crippen LogP contribution in [0.1, 0.15) is 0 Å². The Bertz CT molecular complexity index is 669. The lowest BCUT2D eigenvalue weighted by molar-refractivity contribution is 1.13. The summed E-state index contributed by atoms with van der Waals surface area (Å²) in [6, 6.07) is 17.6. The third-order valence-electron chi connectivity index (χ3n) is 3.71. The highest BCUT2D eigenvalue weighted by atomic mass is 32.9. The highest BCUT2D eigenvalue weighted by molar-refractivity contribution is 7.75. The summed E-state index contributed by atoms with van der Waals surface area (Å²) < 4.78 is 0. The van der Waals surface area contributed by atoms with Crippen LogP contribution in [0.15, 0.2) is 48.5 Å². The smallest absolute Gasteiger partial charge is 0.0636 e. The second-order valence-corrected chi connectivity index (χ2v) is 7.86. The third kappa shape index (κ3) is 2.89. The zero-order valence-corrected chi connectivity index (χ0v) is 15.0. The van der Waals surface area contributed by atoms with E-state index >= 15 is 0 Å². The molecule has 0 fully saturated rings. The van der Waals surface area contributed by atoms with Gasteiger partial charge in [0.05, 0.1) is 9.75 Å². The van der Waals surface area contributed by atoms with Gasteiger partial charge in [-0.05, 0) is 35.4 Å². The van der Waals surface area contributed by atoms with E-state index in [1.807, 2.05) is 20.7 Å². The summed E-state index contributed by atoms with van der Waals surface area (Å²) in [5.41, 5.74) is 5.08. The van der Waals surface area contributed by atoms with Crippen molar-refractivity contribution in [2.24, 2.45) is 0 Å². The van der Waals surface area contributed by atoms with Crippen LogP contribution in [0.2, 0.25) is 0 Å². The molecule has 0 bridgehead atoms. The number of hydrogen-bond donors (Lipinski definition) is 0. The fraction of sp³-hybridized carbons (Fsp3) is 0.222. The zero-order valence-electron chi connectivity index (χ0n) is 13.3. The lowest BCUT2D eigenvalue weighted by Gasteiger charge is -2.16. The molecule has 0 aliphatic rings. The Morgan fingerprint density at radius 2 is 0.864 bits per heavy atom. The van der Waals surface area contributed by atoms with Crippen LogP contribution in [-0.2, 0) is 0 Å². The predicted octanol–water partition coefficient (Wildman–Crippen LogP) is 5.28. The minimum atomic E-state index is 1.23. The Morgan fingerprint density at radius 1 is 0.545 bits per heavy atom.